The van der Waals surface area contributed by atoms with Crippen molar-refractivity contribution in [2.45, 2.75) is 6.54 Å². The van der Waals surface area contributed by atoms with Gasteiger partial charge in [0.1, 0.15) is 10.9 Å². The van der Waals surface area contributed by atoms with Crippen LogP contribution in [0.3, 0.4) is 0 Å². The zero-order valence-electron chi connectivity index (χ0n) is 12.8. The maximum Gasteiger partial charge on any atom is 0.242 e. The molecule has 0 bridgehead atoms. The number of hydrogen-bond donors (Lipinski definition) is 0. The van der Waals surface area contributed by atoms with Crippen LogP contribution < -0.4 is 0 Å². The molecule has 0 spiro atoms. The van der Waals surface area contributed by atoms with Gasteiger partial charge in [0.25, 0.3) is 0 Å². The number of nitrogens with zero attached hydrogens (tertiary/aromatic N) is 3. The van der Waals surface area contributed by atoms with Crippen molar-refractivity contribution in [2.75, 3.05) is 38.5 Å². The lowest BCUT2D eigenvalue weighted by molar-refractivity contribution is -0.137. The molecular weight excluding hydrogens is 330 g/mol. The molecule has 0 radical (unpaired) electrons. The van der Waals surface area contributed by atoms with E-state index < -0.39 is 0 Å². The van der Waals surface area contributed by atoms with E-state index in [1.54, 1.807) is 0 Å². The first kappa shape index (κ1) is 16.4. The molecule has 2 aliphatic heterocycles. The molecule has 2 aliphatic rings. The van der Waals surface area contributed by atoms with Crippen molar-refractivity contribution in [1.82, 2.24) is 14.7 Å². The second-order valence-electron chi connectivity index (χ2n) is 5.68. The number of hydrogen-bond acceptors (Lipinski definition) is 5. The number of piperazine rings is 1. The van der Waals surface area contributed by atoms with Gasteiger partial charge >= 0.3 is 0 Å². The Kier molecular flexibility index (Phi) is 5.30. The molecule has 0 aliphatic carbocycles. The number of amides is 2. The van der Waals surface area contributed by atoms with Gasteiger partial charge in [0.2, 0.25) is 11.8 Å². The first-order valence-corrected chi connectivity index (χ1v) is 9.04. The normalized spacial score (nSPS) is 19.5. The third kappa shape index (κ3) is 4.10. The second-order valence-corrected chi connectivity index (χ2v) is 7.29. The van der Waals surface area contributed by atoms with Crippen molar-refractivity contribution in [2.24, 2.45) is 0 Å². The highest BCUT2D eigenvalue weighted by Crippen LogP contribution is 2.19. The van der Waals surface area contributed by atoms with Crippen molar-refractivity contribution in [3.63, 3.8) is 0 Å². The minimum absolute atomic E-state index is 0.0115. The Balaban J connectivity index is 1.48. The topological polar surface area (TPSA) is 43.9 Å². The highest BCUT2D eigenvalue weighted by atomic mass is 32.2. The minimum atomic E-state index is -0.0592. The van der Waals surface area contributed by atoms with Crippen molar-refractivity contribution < 1.29 is 9.59 Å². The fraction of sp³-hybridized carbons (Fsp3) is 0.438. The van der Waals surface area contributed by atoms with Crippen molar-refractivity contribution in [3.8, 4) is 0 Å². The van der Waals surface area contributed by atoms with E-state index in [1.807, 2.05) is 23.1 Å². The molecule has 23 heavy (non-hydrogen) atoms. The fourth-order valence-corrected chi connectivity index (χ4v) is 3.83. The van der Waals surface area contributed by atoms with E-state index >= 15 is 0 Å². The van der Waals surface area contributed by atoms with Gasteiger partial charge < -0.3 is 4.90 Å². The van der Waals surface area contributed by atoms with Gasteiger partial charge in [0, 0.05) is 32.7 Å². The number of benzene rings is 1. The lowest BCUT2D eigenvalue weighted by Crippen LogP contribution is -2.51. The number of thioether (sulfide) groups is 1. The molecule has 0 saturated carbocycles. The van der Waals surface area contributed by atoms with Gasteiger partial charge in [0.05, 0.1) is 5.75 Å². The van der Waals surface area contributed by atoms with Crippen LogP contribution in [0.15, 0.2) is 30.3 Å². The number of carbonyl (C=O) groups excluding carboxylic acids is 2. The average molecular weight is 349 g/mol. The molecule has 0 unspecified atom stereocenters. The summed E-state index contributed by atoms with van der Waals surface area (Å²) in [6, 6.07) is 10.3. The molecule has 2 heterocycles. The largest absolute Gasteiger partial charge is 0.339 e. The smallest absolute Gasteiger partial charge is 0.242 e. The van der Waals surface area contributed by atoms with Crippen LogP contribution in [0.5, 0.6) is 0 Å². The molecular formula is C16H19N3O2S2. The Hall–Kier alpha value is -1.44. The summed E-state index contributed by atoms with van der Waals surface area (Å²) in [5.74, 6) is 0.287. The van der Waals surface area contributed by atoms with Gasteiger partial charge in [-0.25, -0.2) is 0 Å². The van der Waals surface area contributed by atoms with Gasteiger partial charge in [-0.15, -0.1) is 0 Å². The Bertz CT molecular complexity index is 585. The van der Waals surface area contributed by atoms with Crippen LogP contribution in [-0.4, -0.2) is 69.3 Å². The third-order valence-electron chi connectivity index (χ3n) is 4.11. The Labute approximate surface area is 145 Å². The molecule has 3 rings (SSSR count). The fourth-order valence-electron chi connectivity index (χ4n) is 2.77. The van der Waals surface area contributed by atoms with Crippen LogP contribution >= 0.6 is 24.0 Å². The van der Waals surface area contributed by atoms with E-state index in [0.29, 0.717) is 23.2 Å². The second kappa shape index (κ2) is 7.42. The van der Waals surface area contributed by atoms with Crippen LogP contribution in [0.4, 0.5) is 0 Å². The Morgan fingerprint density at radius 2 is 1.83 bits per heavy atom. The molecule has 1 aromatic carbocycles. The first-order chi connectivity index (χ1) is 11.1. The lowest BCUT2D eigenvalue weighted by Gasteiger charge is -2.35. The number of thiocarbonyl (C=S) groups is 1. The zero-order valence-corrected chi connectivity index (χ0v) is 14.4. The molecule has 2 saturated heterocycles. The van der Waals surface area contributed by atoms with Crippen molar-refractivity contribution in [3.05, 3.63) is 35.9 Å². The molecule has 0 aromatic heterocycles. The zero-order chi connectivity index (χ0) is 16.2. The molecule has 2 amide bonds. The van der Waals surface area contributed by atoms with Gasteiger partial charge in [-0.05, 0) is 5.56 Å². The summed E-state index contributed by atoms with van der Waals surface area (Å²) >= 11 is 6.45. The Morgan fingerprint density at radius 1 is 1.13 bits per heavy atom. The maximum absolute atomic E-state index is 12.4. The van der Waals surface area contributed by atoms with E-state index in [0.717, 1.165) is 19.6 Å². The molecule has 122 valence electrons. The summed E-state index contributed by atoms with van der Waals surface area (Å²) in [6.45, 7) is 4.11. The highest BCUT2D eigenvalue weighted by molar-refractivity contribution is 8.23. The van der Waals surface area contributed by atoms with Crippen LogP contribution in [0.25, 0.3) is 0 Å². The van der Waals surface area contributed by atoms with E-state index in [2.05, 4.69) is 17.0 Å². The molecule has 5 nitrogen and oxygen atoms in total. The number of rotatable bonds is 4. The number of carbonyl (C=O) groups is 2. The van der Waals surface area contributed by atoms with Gasteiger partial charge in [-0.2, -0.15) is 0 Å². The molecule has 1 aromatic rings. The van der Waals surface area contributed by atoms with Crippen molar-refractivity contribution >= 4 is 40.1 Å². The Morgan fingerprint density at radius 3 is 2.43 bits per heavy atom. The predicted molar refractivity (Wildman–Crippen MR) is 95.1 cm³/mol. The van der Waals surface area contributed by atoms with Crippen LogP contribution in [-0.2, 0) is 16.1 Å². The van der Waals surface area contributed by atoms with E-state index in [9.17, 15) is 9.59 Å². The molecule has 7 heteroatoms. The predicted octanol–water partition coefficient (Wildman–Crippen LogP) is 1.19. The van der Waals surface area contributed by atoms with Crippen LogP contribution in [0, 0.1) is 0 Å². The summed E-state index contributed by atoms with van der Waals surface area (Å²) in [7, 11) is 0. The monoisotopic (exact) mass is 349 g/mol. The average Bonchev–Trinajstić information content (AvgIpc) is 2.88. The summed E-state index contributed by atoms with van der Waals surface area (Å²) < 4.78 is 0.520. The summed E-state index contributed by atoms with van der Waals surface area (Å²) in [6.07, 6.45) is 0. The molecule has 0 atom stereocenters. The standard InChI is InChI=1S/C16H19N3O2S2/c20-14(11-19-15(21)12-23-16(19)22)18-8-6-17(7-9-18)10-13-4-2-1-3-5-13/h1-5H,6-12H2. The highest BCUT2D eigenvalue weighted by Gasteiger charge is 2.30. The van der Waals surface area contributed by atoms with E-state index in [1.165, 1.54) is 22.2 Å². The summed E-state index contributed by atoms with van der Waals surface area (Å²) in [4.78, 5) is 29.7. The summed E-state index contributed by atoms with van der Waals surface area (Å²) in [5, 5.41) is 0. The van der Waals surface area contributed by atoms with Crippen LogP contribution in [0.2, 0.25) is 0 Å². The van der Waals surface area contributed by atoms with Gasteiger partial charge in [-0.1, -0.05) is 54.3 Å². The van der Waals surface area contributed by atoms with Crippen molar-refractivity contribution in [1.29, 1.82) is 0 Å². The molecule has 0 N–H and O–H groups in total. The quantitative estimate of drug-likeness (QED) is 0.764. The third-order valence-corrected chi connectivity index (χ3v) is 5.54. The first-order valence-electron chi connectivity index (χ1n) is 7.64. The van der Waals surface area contributed by atoms with Gasteiger partial charge in [-0.3, -0.25) is 19.4 Å². The van der Waals surface area contributed by atoms with Crippen LogP contribution in [0.1, 0.15) is 5.56 Å². The molecule has 2 fully saturated rings. The summed E-state index contributed by atoms with van der Waals surface area (Å²) in [5.41, 5.74) is 1.29. The van der Waals surface area contributed by atoms with E-state index in [4.69, 9.17) is 12.2 Å². The minimum Gasteiger partial charge on any atom is -0.339 e. The van der Waals surface area contributed by atoms with Gasteiger partial charge in [0.15, 0.2) is 0 Å². The SMILES string of the molecule is O=C(CN1C(=O)CSC1=S)N1CCN(Cc2ccccc2)CC1. The van der Waals surface area contributed by atoms with E-state index in [-0.39, 0.29) is 18.4 Å². The maximum atomic E-state index is 12.4. The lowest BCUT2D eigenvalue weighted by atomic mass is 10.2.